The standard InChI is InChI=1S/C24H22ClN3O3.C17H15ClN2O3.2CH4/c1-4-31-24(29)22-21(18-6-5-10-27-23(18)30-3)19-13-17(25)7-8-20(19)28(22)14-16-9-11-26-15(2)12-16;1-3-23-17(21)15-14(11-5-4-8-19-16(11)22-2)12-9-10(18)6-7-13(12)20-15;;/h5-13H,4,14H2,1-3H3;4-9,20H,3H2,1-2H3;2*1H4. The van der Waals surface area contributed by atoms with E-state index in [0.29, 0.717) is 68.6 Å². The van der Waals surface area contributed by atoms with Gasteiger partial charge in [-0.2, -0.15) is 0 Å². The molecule has 0 atom stereocenters. The Labute approximate surface area is 336 Å². The van der Waals surface area contributed by atoms with Crippen LogP contribution >= 0.6 is 23.2 Å². The second-order valence-electron chi connectivity index (χ2n) is 11.9. The Kier molecular flexibility index (Phi) is 14.6. The van der Waals surface area contributed by atoms with Crippen LogP contribution in [0.15, 0.2) is 91.4 Å². The number of carbonyl (C=O) groups excluding carboxylic acids is 2. The molecule has 5 heterocycles. The maximum atomic E-state index is 13.2. The monoisotopic (exact) mass is 797 g/mol. The maximum Gasteiger partial charge on any atom is 0.355 e. The molecule has 2 aromatic carbocycles. The molecule has 0 bridgehead atoms. The van der Waals surface area contributed by atoms with Gasteiger partial charge < -0.3 is 28.5 Å². The molecule has 0 fully saturated rings. The number of nitrogens with one attached hydrogen (secondary N) is 1. The molecule has 0 amide bonds. The molecule has 7 rings (SSSR count). The number of pyridine rings is 3. The topological polar surface area (TPSA) is 130 Å². The first-order valence-corrected chi connectivity index (χ1v) is 17.8. The summed E-state index contributed by atoms with van der Waals surface area (Å²) in [5.74, 6) is 0.00740. The maximum absolute atomic E-state index is 13.2. The minimum atomic E-state index is -0.430. The lowest BCUT2D eigenvalue weighted by Gasteiger charge is -2.13. The summed E-state index contributed by atoms with van der Waals surface area (Å²) in [4.78, 5) is 41.5. The SMILES string of the molecule is C.C.CCOC(=O)c1[nH]c2ccc(Cl)cc2c1-c1cccnc1OC.CCOC(=O)c1c(-c2cccnc2OC)c2cc(Cl)ccc2n1Cc1ccnc(C)c1. The molecule has 0 saturated carbocycles. The highest BCUT2D eigenvalue weighted by atomic mass is 35.5. The van der Waals surface area contributed by atoms with E-state index in [1.807, 2.05) is 66.1 Å². The van der Waals surface area contributed by atoms with Crippen molar-refractivity contribution < 1.29 is 28.5 Å². The molecule has 0 spiro atoms. The van der Waals surface area contributed by atoms with Gasteiger partial charge in [0.15, 0.2) is 0 Å². The Bertz CT molecular complexity index is 2480. The minimum absolute atomic E-state index is 0. The normalized spacial score (nSPS) is 10.5. The summed E-state index contributed by atoms with van der Waals surface area (Å²) in [7, 11) is 3.10. The van der Waals surface area contributed by atoms with Crippen molar-refractivity contribution in [2.75, 3.05) is 27.4 Å². The van der Waals surface area contributed by atoms with Gasteiger partial charge in [0.2, 0.25) is 11.8 Å². The zero-order chi connectivity index (χ0) is 38.4. The molecule has 13 heteroatoms. The average molecular weight is 799 g/mol. The molecule has 11 nitrogen and oxygen atoms in total. The number of fused-ring (bicyclic) bond motifs is 2. The van der Waals surface area contributed by atoms with Crippen LogP contribution in [0.4, 0.5) is 0 Å². The van der Waals surface area contributed by atoms with E-state index in [0.717, 1.165) is 33.1 Å². The Morgan fingerprint density at radius 3 is 1.91 bits per heavy atom. The quantitative estimate of drug-likeness (QED) is 0.134. The smallest absolute Gasteiger partial charge is 0.355 e. The van der Waals surface area contributed by atoms with Gasteiger partial charge in [0.05, 0.1) is 27.4 Å². The van der Waals surface area contributed by atoms with Crippen LogP contribution in [0.1, 0.15) is 60.9 Å². The number of nitrogens with zero attached hydrogens (tertiary/aromatic N) is 4. The molecule has 292 valence electrons. The summed E-state index contributed by atoms with van der Waals surface area (Å²) in [6, 6.07) is 22.2. The van der Waals surface area contributed by atoms with Crippen molar-refractivity contribution >= 4 is 56.9 Å². The zero-order valence-electron chi connectivity index (χ0n) is 30.3. The van der Waals surface area contributed by atoms with Crippen LogP contribution in [0.25, 0.3) is 44.1 Å². The highest BCUT2D eigenvalue weighted by molar-refractivity contribution is 6.32. The summed E-state index contributed by atoms with van der Waals surface area (Å²) in [5.41, 5.74) is 7.13. The van der Waals surface area contributed by atoms with E-state index >= 15 is 0 Å². The third-order valence-electron chi connectivity index (χ3n) is 8.50. The highest BCUT2D eigenvalue weighted by Crippen LogP contribution is 2.41. The predicted octanol–water partition coefficient (Wildman–Crippen LogP) is 10.6. The number of rotatable bonds is 10. The number of ether oxygens (including phenoxy) is 4. The number of hydrogen-bond acceptors (Lipinski definition) is 9. The van der Waals surface area contributed by atoms with E-state index in [2.05, 4.69) is 19.9 Å². The minimum Gasteiger partial charge on any atom is -0.481 e. The predicted molar refractivity (Wildman–Crippen MR) is 223 cm³/mol. The van der Waals surface area contributed by atoms with Crippen molar-refractivity contribution in [3.05, 3.63) is 124 Å². The molecular weight excluding hydrogens is 753 g/mol. The van der Waals surface area contributed by atoms with Gasteiger partial charge in [0, 0.05) is 84.9 Å². The van der Waals surface area contributed by atoms with Gasteiger partial charge in [-0.1, -0.05) is 38.1 Å². The fourth-order valence-electron chi connectivity index (χ4n) is 6.35. The summed E-state index contributed by atoms with van der Waals surface area (Å²) in [6.45, 7) is 6.52. The van der Waals surface area contributed by atoms with Gasteiger partial charge in [-0.25, -0.2) is 19.6 Å². The zero-order valence-corrected chi connectivity index (χ0v) is 31.8. The summed E-state index contributed by atoms with van der Waals surface area (Å²) in [6.07, 6.45) is 5.05. The molecule has 5 aromatic heterocycles. The first-order valence-electron chi connectivity index (χ1n) is 17.1. The van der Waals surface area contributed by atoms with Crippen molar-refractivity contribution in [3.8, 4) is 34.0 Å². The van der Waals surface area contributed by atoms with Crippen LogP contribution < -0.4 is 9.47 Å². The van der Waals surface area contributed by atoms with E-state index in [-0.39, 0.29) is 21.5 Å². The van der Waals surface area contributed by atoms with Crippen LogP contribution in [0.5, 0.6) is 11.8 Å². The molecule has 0 aliphatic carbocycles. The Morgan fingerprint density at radius 1 is 0.714 bits per heavy atom. The second kappa shape index (κ2) is 19.1. The first-order chi connectivity index (χ1) is 26.2. The van der Waals surface area contributed by atoms with E-state index in [9.17, 15) is 9.59 Å². The van der Waals surface area contributed by atoms with Gasteiger partial charge in [-0.15, -0.1) is 0 Å². The third-order valence-corrected chi connectivity index (χ3v) is 8.97. The van der Waals surface area contributed by atoms with Crippen molar-refractivity contribution in [2.45, 2.75) is 42.2 Å². The van der Waals surface area contributed by atoms with Crippen LogP contribution in [-0.2, 0) is 16.0 Å². The number of aromatic amines is 1. The second-order valence-corrected chi connectivity index (χ2v) is 12.8. The molecule has 7 aromatic rings. The van der Waals surface area contributed by atoms with Crippen LogP contribution in [0.3, 0.4) is 0 Å². The lowest BCUT2D eigenvalue weighted by atomic mass is 10.0. The Balaban J connectivity index is 0.000000250. The number of carbonyl (C=O) groups is 2. The molecule has 1 N–H and O–H groups in total. The van der Waals surface area contributed by atoms with E-state index in [4.69, 9.17) is 42.1 Å². The molecule has 56 heavy (non-hydrogen) atoms. The molecule has 0 aliphatic rings. The highest BCUT2D eigenvalue weighted by Gasteiger charge is 2.28. The van der Waals surface area contributed by atoms with Crippen LogP contribution in [0.2, 0.25) is 10.0 Å². The molecular formula is C43H45Cl2N5O6. The van der Waals surface area contributed by atoms with E-state index < -0.39 is 11.9 Å². The molecule has 0 unspecified atom stereocenters. The van der Waals surface area contributed by atoms with Gasteiger partial charge in [0.25, 0.3) is 0 Å². The Hall–Kier alpha value is -5.91. The number of methoxy groups -OCH3 is 2. The fourth-order valence-corrected chi connectivity index (χ4v) is 6.69. The number of esters is 2. The Morgan fingerprint density at radius 2 is 1.30 bits per heavy atom. The third kappa shape index (κ3) is 8.80. The van der Waals surface area contributed by atoms with Crippen molar-refractivity contribution in [2.24, 2.45) is 0 Å². The first kappa shape index (κ1) is 42.8. The van der Waals surface area contributed by atoms with Crippen LogP contribution in [0, 0.1) is 6.92 Å². The molecule has 0 saturated heterocycles. The molecule has 0 aliphatic heterocycles. The van der Waals surface area contributed by atoms with E-state index in [1.54, 1.807) is 57.7 Å². The largest absolute Gasteiger partial charge is 0.481 e. The number of benzene rings is 2. The van der Waals surface area contributed by atoms with Crippen molar-refractivity contribution in [3.63, 3.8) is 0 Å². The summed E-state index contributed by atoms with van der Waals surface area (Å²) < 4.78 is 23.4. The fraction of sp³-hybridized carbons (Fsp3) is 0.233. The van der Waals surface area contributed by atoms with Gasteiger partial charge in [-0.05, 0) is 99.1 Å². The summed E-state index contributed by atoms with van der Waals surface area (Å²) >= 11 is 12.5. The van der Waals surface area contributed by atoms with E-state index in [1.165, 1.54) is 7.11 Å². The van der Waals surface area contributed by atoms with Gasteiger partial charge >= 0.3 is 11.9 Å². The van der Waals surface area contributed by atoms with Gasteiger partial charge in [-0.3, -0.25) is 4.98 Å². The van der Waals surface area contributed by atoms with Gasteiger partial charge in [0.1, 0.15) is 11.4 Å². The van der Waals surface area contributed by atoms with Crippen LogP contribution in [-0.4, -0.2) is 63.9 Å². The lowest BCUT2D eigenvalue weighted by molar-refractivity contribution is 0.0509. The number of hydrogen-bond donors (Lipinski definition) is 1. The average Bonchev–Trinajstić information content (AvgIpc) is 3.70. The number of aryl methyl sites for hydroxylation is 1. The molecule has 0 radical (unpaired) electrons. The number of halogens is 2. The number of H-pyrrole nitrogens is 1. The van der Waals surface area contributed by atoms with Crippen molar-refractivity contribution in [1.82, 2.24) is 24.5 Å². The summed E-state index contributed by atoms with van der Waals surface area (Å²) in [5, 5.41) is 2.79. The van der Waals surface area contributed by atoms with Crippen molar-refractivity contribution in [1.29, 1.82) is 0 Å². The lowest BCUT2D eigenvalue weighted by Crippen LogP contribution is -2.14. The number of aromatic nitrogens is 5.